The molecule has 0 aromatic carbocycles. The van der Waals surface area contributed by atoms with Crippen molar-refractivity contribution in [1.29, 1.82) is 0 Å². The molecule has 2 atom stereocenters. The van der Waals surface area contributed by atoms with Crippen LogP contribution in [0.1, 0.15) is 40.0 Å². The largest absolute Gasteiger partial charge is 0.380 e. The van der Waals surface area contributed by atoms with Gasteiger partial charge < -0.3 is 10.1 Å². The minimum atomic E-state index is 0.546. The molecule has 1 rings (SSSR count). The Labute approximate surface area is 101 Å². The second-order valence-electron chi connectivity index (χ2n) is 4.75. The lowest BCUT2D eigenvalue weighted by molar-refractivity contribution is 0.0433. The maximum absolute atomic E-state index is 5.55. The van der Waals surface area contributed by atoms with Crippen molar-refractivity contribution in [2.75, 3.05) is 32.8 Å². The molecule has 0 aliphatic carbocycles. The summed E-state index contributed by atoms with van der Waals surface area (Å²) in [7, 11) is 0. The van der Waals surface area contributed by atoms with Crippen molar-refractivity contribution in [2.45, 2.75) is 52.1 Å². The van der Waals surface area contributed by atoms with E-state index in [0.717, 1.165) is 19.8 Å². The van der Waals surface area contributed by atoms with Gasteiger partial charge >= 0.3 is 0 Å². The maximum Gasteiger partial charge on any atom is 0.0619 e. The van der Waals surface area contributed by atoms with Gasteiger partial charge in [0.25, 0.3) is 0 Å². The fraction of sp³-hybridized carbons (Fsp3) is 1.00. The molecular formula is C13H28N2O. The van der Waals surface area contributed by atoms with Gasteiger partial charge in [0.1, 0.15) is 0 Å². The van der Waals surface area contributed by atoms with E-state index in [2.05, 4.69) is 31.0 Å². The van der Waals surface area contributed by atoms with Gasteiger partial charge in [0.2, 0.25) is 0 Å². The van der Waals surface area contributed by atoms with E-state index in [-0.39, 0.29) is 0 Å². The summed E-state index contributed by atoms with van der Waals surface area (Å²) in [6.07, 6.45) is 3.88. The number of hydrogen-bond donors (Lipinski definition) is 1. The lowest BCUT2D eigenvalue weighted by atomic mass is 10.0. The molecule has 0 radical (unpaired) electrons. The molecule has 1 N–H and O–H groups in total. The number of hydrogen-bond acceptors (Lipinski definition) is 3. The number of piperidine rings is 1. The van der Waals surface area contributed by atoms with Crippen LogP contribution in [0.2, 0.25) is 0 Å². The van der Waals surface area contributed by atoms with Crippen molar-refractivity contribution in [3.8, 4) is 0 Å². The first kappa shape index (κ1) is 13.9. The van der Waals surface area contributed by atoms with E-state index in [1.165, 1.54) is 32.4 Å². The number of rotatable bonds is 7. The van der Waals surface area contributed by atoms with Crippen LogP contribution < -0.4 is 5.32 Å². The molecule has 0 spiro atoms. The number of ether oxygens (including phenoxy) is 1. The van der Waals surface area contributed by atoms with Crippen LogP contribution in [-0.2, 0) is 4.74 Å². The quantitative estimate of drug-likeness (QED) is 0.720. The molecule has 1 saturated heterocycles. The van der Waals surface area contributed by atoms with Crippen LogP contribution >= 0.6 is 0 Å². The molecule has 16 heavy (non-hydrogen) atoms. The van der Waals surface area contributed by atoms with Crippen molar-refractivity contribution in [3.63, 3.8) is 0 Å². The molecule has 0 aromatic heterocycles. The monoisotopic (exact) mass is 228 g/mol. The van der Waals surface area contributed by atoms with Gasteiger partial charge in [-0.1, -0.05) is 6.92 Å². The average molecular weight is 228 g/mol. The molecule has 3 nitrogen and oxygen atoms in total. The molecule has 0 bridgehead atoms. The van der Waals surface area contributed by atoms with Crippen LogP contribution in [0.5, 0.6) is 0 Å². The highest BCUT2D eigenvalue weighted by molar-refractivity contribution is 4.81. The molecule has 0 amide bonds. The third-order valence-electron chi connectivity index (χ3n) is 3.35. The normalized spacial score (nSPS) is 23.6. The summed E-state index contributed by atoms with van der Waals surface area (Å²) in [5, 5.41) is 3.50. The second kappa shape index (κ2) is 8.04. The molecule has 2 unspecified atom stereocenters. The Hall–Kier alpha value is -0.120. The summed E-state index contributed by atoms with van der Waals surface area (Å²) >= 11 is 0. The van der Waals surface area contributed by atoms with Gasteiger partial charge in [-0.3, -0.25) is 4.90 Å². The lowest BCUT2D eigenvalue weighted by Gasteiger charge is -2.38. The third-order valence-corrected chi connectivity index (χ3v) is 3.35. The summed E-state index contributed by atoms with van der Waals surface area (Å²) < 4.78 is 5.55. The zero-order chi connectivity index (χ0) is 11.8. The Balaban J connectivity index is 2.43. The summed E-state index contributed by atoms with van der Waals surface area (Å²) in [5.41, 5.74) is 0. The van der Waals surface area contributed by atoms with E-state index >= 15 is 0 Å². The molecule has 1 aliphatic rings. The van der Waals surface area contributed by atoms with Gasteiger partial charge in [-0.15, -0.1) is 0 Å². The van der Waals surface area contributed by atoms with E-state index in [1.807, 2.05) is 0 Å². The first-order valence-electron chi connectivity index (χ1n) is 6.83. The molecule has 96 valence electrons. The van der Waals surface area contributed by atoms with E-state index in [1.54, 1.807) is 0 Å². The molecular weight excluding hydrogens is 200 g/mol. The molecule has 1 aliphatic heterocycles. The van der Waals surface area contributed by atoms with Crippen molar-refractivity contribution in [3.05, 3.63) is 0 Å². The first-order chi connectivity index (χ1) is 7.79. The molecule has 1 fully saturated rings. The average Bonchev–Trinajstić information content (AvgIpc) is 2.34. The fourth-order valence-electron chi connectivity index (χ4n) is 2.52. The highest BCUT2D eigenvalue weighted by Crippen LogP contribution is 2.14. The fourth-order valence-corrected chi connectivity index (χ4v) is 2.52. The highest BCUT2D eigenvalue weighted by Gasteiger charge is 2.24. The van der Waals surface area contributed by atoms with Crippen molar-refractivity contribution < 1.29 is 4.74 Å². The second-order valence-corrected chi connectivity index (χ2v) is 4.75. The smallest absolute Gasteiger partial charge is 0.0619 e. The Morgan fingerprint density at radius 1 is 1.44 bits per heavy atom. The van der Waals surface area contributed by atoms with Crippen molar-refractivity contribution in [1.82, 2.24) is 10.2 Å². The maximum atomic E-state index is 5.55. The van der Waals surface area contributed by atoms with Crippen molar-refractivity contribution in [2.24, 2.45) is 0 Å². The van der Waals surface area contributed by atoms with Gasteiger partial charge in [0.15, 0.2) is 0 Å². The summed E-state index contributed by atoms with van der Waals surface area (Å²) in [6, 6.07) is 1.26. The predicted molar refractivity (Wildman–Crippen MR) is 68.8 cm³/mol. The molecule has 3 heteroatoms. The molecule has 0 saturated carbocycles. The van der Waals surface area contributed by atoms with Crippen LogP contribution in [0.15, 0.2) is 0 Å². The SMILES string of the molecule is CCCN(C(C)COCC)C1CCCNC1. The molecule has 1 heterocycles. The van der Waals surface area contributed by atoms with Crippen LogP contribution in [0.4, 0.5) is 0 Å². The van der Waals surface area contributed by atoms with E-state index < -0.39 is 0 Å². The molecule has 0 aromatic rings. The highest BCUT2D eigenvalue weighted by atomic mass is 16.5. The summed E-state index contributed by atoms with van der Waals surface area (Å²) in [5.74, 6) is 0. The van der Waals surface area contributed by atoms with Crippen LogP contribution in [-0.4, -0.2) is 49.8 Å². The summed E-state index contributed by atoms with van der Waals surface area (Å²) in [4.78, 5) is 2.63. The van der Waals surface area contributed by atoms with Gasteiger partial charge in [-0.05, 0) is 46.2 Å². The Bertz CT molecular complexity index is 169. The Morgan fingerprint density at radius 2 is 2.25 bits per heavy atom. The van der Waals surface area contributed by atoms with Crippen molar-refractivity contribution >= 4 is 0 Å². The number of nitrogens with zero attached hydrogens (tertiary/aromatic N) is 1. The third kappa shape index (κ3) is 4.40. The van der Waals surface area contributed by atoms with Gasteiger partial charge in [0.05, 0.1) is 6.61 Å². The van der Waals surface area contributed by atoms with Gasteiger partial charge in [-0.2, -0.15) is 0 Å². The first-order valence-corrected chi connectivity index (χ1v) is 6.83. The van der Waals surface area contributed by atoms with Crippen LogP contribution in [0, 0.1) is 0 Å². The van der Waals surface area contributed by atoms with E-state index in [4.69, 9.17) is 4.74 Å². The predicted octanol–water partition coefficient (Wildman–Crippen LogP) is 1.88. The van der Waals surface area contributed by atoms with Crippen LogP contribution in [0.25, 0.3) is 0 Å². The zero-order valence-corrected chi connectivity index (χ0v) is 11.2. The zero-order valence-electron chi connectivity index (χ0n) is 11.2. The minimum Gasteiger partial charge on any atom is -0.380 e. The standard InChI is InChI=1S/C13H28N2O/c1-4-9-15(12(3)11-16-5-2)13-7-6-8-14-10-13/h12-14H,4-11H2,1-3H3. The topological polar surface area (TPSA) is 24.5 Å². The van der Waals surface area contributed by atoms with Crippen LogP contribution in [0.3, 0.4) is 0 Å². The lowest BCUT2D eigenvalue weighted by Crippen LogP contribution is -2.51. The van der Waals surface area contributed by atoms with E-state index in [9.17, 15) is 0 Å². The summed E-state index contributed by atoms with van der Waals surface area (Å²) in [6.45, 7) is 11.9. The Kier molecular flexibility index (Phi) is 7.01. The minimum absolute atomic E-state index is 0.546. The van der Waals surface area contributed by atoms with E-state index in [0.29, 0.717) is 12.1 Å². The van der Waals surface area contributed by atoms with Gasteiger partial charge in [-0.25, -0.2) is 0 Å². The number of nitrogens with one attached hydrogen (secondary N) is 1. The Morgan fingerprint density at radius 3 is 2.81 bits per heavy atom. The van der Waals surface area contributed by atoms with Gasteiger partial charge in [0, 0.05) is 25.2 Å².